The maximum Gasteiger partial charge on any atom is 0.303 e. The first-order chi connectivity index (χ1) is 12.4. The second-order valence-electron chi connectivity index (χ2n) is 8.03. The molecule has 2 fully saturated rings. The number of unbranched alkanes of at least 4 members (excludes halogenated alkanes) is 1. The molecule has 5 nitrogen and oxygen atoms in total. The minimum absolute atomic E-state index is 0.0436. The summed E-state index contributed by atoms with van der Waals surface area (Å²) < 4.78 is 6.08. The maximum absolute atomic E-state index is 10.6. The topological polar surface area (TPSA) is 87.0 Å². The number of fused-ring (bicyclic) bond motifs is 1. The summed E-state index contributed by atoms with van der Waals surface area (Å²) >= 11 is 0. The number of rotatable bonds is 10. The summed E-state index contributed by atoms with van der Waals surface area (Å²) in [5, 5.41) is 29.1. The van der Waals surface area contributed by atoms with Crippen LogP contribution in [0.15, 0.2) is 23.8 Å². The van der Waals surface area contributed by atoms with Crippen LogP contribution in [0.2, 0.25) is 0 Å². The van der Waals surface area contributed by atoms with Crippen LogP contribution in [0.4, 0.5) is 0 Å². The highest BCUT2D eigenvalue weighted by molar-refractivity contribution is 5.66. The number of ether oxygens (including phenoxy) is 1. The monoisotopic (exact) mass is 366 g/mol. The third kappa shape index (κ3) is 6.53. The Kier molecular flexibility index (Phi) is 8.32. The van der Waals surface area contributed by atoms with E-state index in [1.54, 1.807) is 0 Å². The standard InChI is InChI=1S/C21H34O5/c1-14(2)6-5-7-15(22)10-11-17-18-12-16(8-3-4-9-21(24)25)26-20(18)13-19(17)23/h6,10-11,15-20,22-23H,3-5,7-9,12-13H2,1-2H3,(H,24,25)/t15-,16+,17+,18+,19+,20-/m0/s1. The van der Waals surface area contributed by atoms with Gasteiger partial charge in [0.1, 0.15) is 0 Å². The first-order valence-electron chi connectivity index (χ1n) is 9.92. The van der Waals surface area contributed by atoms with Crippen molar-refractivity contribution in [2.45, 2.75) is 89.6 Å². The van der Waals surface area contributed by atoms with Crippen molar-refractivity contribution in [1.29, 1.82) is 0 Å². The zero-order valence-corrected chi connectivity index (χ0v) is 16.0. The number of aliphatic hydroxyl groups is 2. The maximum atomic E-state index is 10.6. The van der Waals surface area contributed by atoms with Gasteiger partial charge < -0.3 is 20.1 Å². The van der Waals surface area contributed by atoms with Gasteiger partial charge in [0.2, 0.25) is 0 Å². The minimum Gasteiger partial charge on any atom is -0.481 e. The van der Waals surface area contributed by atoms with Crippen molar-refractivity contribution in [2.24, 2.45) is 11.8 Å². The average molecular weight is 366 g/mol. The normalized spacial score (nSPS) is 31.9. The fourth-order valence-corrected chi connectivity index (χ4v) is 4.18. The SMILES string of the molecule is CC(C)=CCC[C@H](O)C=C[C@@H]1[C@H]2C[C@@H](CCCCC(=O)O)O[C@H]2C[C@H]1O. The molecule has 148 valence electrons. The highest BCUT2D eigenvalue weighted by atomic mass is 16.5. The highest BCUT2D eigenvalue weighted by Crippen LogP contribution is 2.45. The van der Waals surface area contributed by atoms with E-state index >= 15 is 0 Å². The third-order valence-corrected chi connectivity index (χ3v) is 5.53. The van der Waals surface area contributed by atoms with E-state index in [2.05, 4.69) is 19.9 Å². The van der Waals surface area contributed by atoms with Crippen LogP contribution in [0.5, 0.6) is 0 Å². The Morgan fingerprint density at radius 3 is 2.73 bits per heavy atom. The number of aliphatic hydroxyl groups excluding tert-OH is 2. The van der Waals surface area contributed by atoms with Gasteiger partial charge in [-0.1, -0.05) is 30.2 Å². The average Bonchev–Trinajstić information content (AvgIpc) is 3.05. The molecular formula is C21H34O5. The van der Waals surface area contributed by atoms with Crippen LogP contribution in [-0.4, -0.2) is 45.7 Å². The summed E-state index contributed by atoms with van der Waals surface area (Å²) in [6.45, 7) is 4.10. The van der Waals surface area contributed by atoms with Gasteiger partial charge in [0.25, 0.3) is 0 Å². The molecule has 1 heterocycles. The number of aliphatic carboxylic acids is 1. The lowest BCUT2D eigenvalue weighted by molar-refractivity contribution is -0.137. The molecule has 3 N–H and O–H groups in total. The number of allylic oxidation sites excluding steroid dienone is 2. The van der Waals surface area contributed by atoms with Crippen molar-refractivity contribution in [2.75, 3.05) is 0 Å². The van der Waals surface area contributed by atoms with Crippen LogP contribution in [0.25, 0.3) is 0 Å². The van der Waals surface area contributed by atoms with Crippen LogP contribution < -0.4 is 0 Å². The van der Waals surface area contributed by atoms with Crippen molar-refractivity contribution < 1.29 is 24.9 Å². The summed E-state index contributed by atoms with van der Waals surface area (Å²) in [6, 6.07) is 0. The number of carboxylic acid groups (broad SMARTS) is 1. The molecule has 0 aromatic carbocycles. The number of carbonyl (C=O) groups is 1. The predicted octanol–water partition coefficient (Wildman–Crippen LogP) is 3.45. The van der Waals surface area contributed by atoms with Gasteiger partial charge >= 0.3 is 5.97 Å². The summed E-state index contributed by atoms with van der Waals surface area (Å²) in [5.74, 6) is -0.400. The summed E-state index contributed by atoms with van der Waals surface area (Å²) in [6.07, 6.45) is 11.1. The van der Waals surface area contributed by atoms with E-state index < -0.39 is 18.2 Å². The Morgan fingerprint density at radius 1 is 1.27 bits per heavy atom. The van der Waals surface area contributed by atoms with Gasteiger partial charge in [-0.25, -0.2) is 0 Å². The molecule has 1 aliphatic carbocycles. The van der Waals surface area contributed by atoms with Gasteiger partial charge in [0.05, 0.1) is 24.4 Å². The Hall–Kier alpha value is -1.17. The Bertz CT molecular complexity index is 509. The molecule has 6 atom stereocenters. The van der Waals surface area contributed by atoms with Crippen molar-refractivity contribution in [1.82, 2.24) is 0 Å². The Balaban J connectivity index is 1.78. The number of hydrogen-bond acceptors (Lipinski definition) is 4. The highest BCUT2D eigenvalue weighted by Gasteiger charge is 2.47. The van der Waals surface area contributed by atoms with Crippen molar-refractivity contribution in [3.63, 3.8) is 0 Å². The quantitative estimate of drug-likeness (QED) is 0.407. The lowest BCUT2D eigenvalue weighted by atomic mass is 9.89. The van der Waals surface area contributed by atoms with Gasteiger partial charge in [-0.2, -0.15) is 0 Å². The molecule has 0 spiro atoms. The second-order valence-corrected chi connectivity index (χ2v) is 8.03. The van der Waals surface area contributed by atoms with E-state index in [0.29, 0.717) is 25.2 Å². The molecule has 0 amide bonds. The lowest BCUT2D eigenvalue weighted by Gasteiger charge is -2.18. The fourth-order valence-electron chi connectivity index (χ4n) is 4.18. The molecule has 26 heavy (non-hydrogen) atoms. The zero-order chi connectivity index (χ0) is 19.1. The van der Waals surface area contributed by atoms with Gasteiger partial charge in [0, 0.05) is 18.8 Å². The van der Waals surface area contributed by atoms with E-state index in [0.717, 1.165) is 25.7 Å². The Morgan fingerprint density at radius 2 is 2.04 bits per heavy atom. The van der Waals surface area contributed by atoms with Crippen LogP contribution in [0.1, 0.15) is 65.2 Å². The van der Waals surface area contributed by atoms with Gasteiger partial charge in [-0.05, 0) is 51.9 Å². The minimum atomic E-state index is -0.745. The number of hydrogen-bond donors (Lipinski definition) is 3. The molecule has 1 saturated carbocycles. The summed E-state index contributed by atoms with van der Waals surface area (Å²) in [4.78, 5) is 10.6. The number of carboxylic acids is 1. The fraction of sp³-hybridized carbons (Fsp3) is 0.762. The van der Waals surface area contributed by atoms with Crippen molar-refractivity contribution in [3.8, 4) is 0 Å². The molecule has 5 heteroatoms. The van der Waals surface area contributed by atoms with Gasteiger partial charge in [-0.15, -0.1) is 0 Å². The van der Waals surface area contributed by atoms with Crippen molar-refractivity contribution in [3.05, 3.63) is 23.8 Å². The van der Waals surface area contributed by atoms with E-state index in [-0.39, 0.29) is 24.5 Å². The van der Waals surface area contributed by atoms with E-state index in [9.17, 15) is 15.0 Å². The molecule has 0 radical (unpaired) electrons. The molecular weight excluding hydrogens is 332 g/mol. The second kappa shape index (κ2) is 10.2. The lowest BCUT2D eigenvalue weighted by Crippen LogP contribution is -2.19. The summed E-state index contributed by atoms with van der Waals surface area (Å²) in [7, 11) is 0. The molecule has 1 saturated heterocycles. The van der Waals surface area contributed by atoms with E-state index in [1.165, 1.54) is 5.57 Å². The smallest absolute Gasteiger partial charge is 0.303 e. The first-order valence-corrected chi connectivity index (χ1v) is 9.92. The van der Waals surface area contributed by atoms with Crippen LogP contribution >= 0.6 is 0 Å². The predicted molar refractivity (Wildman–Crippen MR) is 101 cm³/mol. The summed E-state index contributed by atoms with van der Waals surface area (Å²) in [5.41, 5.74) is 1.26. The third-order valence-electron chi connectivity index (χ3n) is 5.53. The zero-order valence-electron chi connectivity index (χ0n) is 16.0. The molecule has 0 bridgehead atoms. The van der Waals surface area contributed by atoms with Gasteiger partial charge in [0.15, 0.2) is 0 Å². The molecule has 0 unspecified atom stereocenters. The molecule has 0 aromatic heterocycles. The van der Waals surface area contributed by atoms with E-state index in [1.807, 2.05) is 12.2 Å². The van der Waals surface area contributed by atoms with Crippen LogP contribution in [-0.2, 0) is 9.53 Å². The first kappa shape index (κ1) is 21.1. The van der Waals surface area contributed by atoms with Crippen LogP contribution in [0.3, 0.4) is 0 Å². The molecule has 2 rings (SSSR count). The molecule has 1 aliphatic heterocycles. The van der Waals surface area contributed by atoms with Crippen LogP contribution in [0, 0.1) is 11.8 Å². The molecule has 2 aliphatic rings. The van der Waals surface area contributed by atoms with Gasteiger partial charge in [-0.3, -0.25) is 4.79 Å². The Labute approximate surface area is 156 Å². The van der Waals surface area contributed by atoms with Crippen molar-refractivity contribution >= 4 is 5.97 Å². The largest absolute Gasteiger partial charge is 0.481 e. The molecule has 0 aromatic rings. The van der Waals surface area contributed by atoms with E-state index in [4.69, 9.17) is 9.84 Å².